The van der Waals surface area contributed by atoms with Crippen molar-refractivity contribution < 1.29 is 4.79 Å². The molecule has 1 aromatic carbocycles. The number of rotatable bonds is 3. The number of nitrogens with zero attached hydrogens (tertiary/aromatic N) is 1. The predicted molar refractivity (Wildman–Crippen MR) is 83.8 cm³/mol. The summed E-state index contributed by atoms with van der Waals surface area (Å²) in [5.74, 6) is 3.43. The molecule has 0 bridgehead atoms. The Balaban J connectivity index is 1.27. The summed E-state index contributed by atoms with van der Waals surface area (Å²) < 4.78 is 0. The molecule has 2 atom stereocenters. The number of hydrogen-bond donors (Lipinski definition) is 0. The molecule has 21 heavy (non-hydrogen) atoms. The lowest BCUT2D eigenvalue weighted by atomic mass is 9.89. The molecule has 1 aliphatic heterocycles. The van der Waals surface area contributed by atoms with Gasteiger partial charge in [0, 0.05) is 19.0 Å². The average Bonchev–Trinajstić information content (AvgIpc) is 3.14. The molecule has 2 aliphatic carbocycles. The Morgan fingerprint density at radius 3 is 2.33 bits per heavy atom. The first-order valence-corrected chi connectivity index (χ1v) is 8.62. The van der Waals surface area contributed by atoms with Crippen molar-refractivity contribution in [2.75, 3.05) is 13.1 Å². The minimum atomic E-state index is 0.374. The Hall–Kier alpha value is -1.31. The highest BCUT2D eigenvalue weighted by Crippen LogP contribution is 2.54. The van der Waals surface area contributed by atoms with E-state index in [1.807, 2.05) is 0 Å². The Bertz CT molecular complexity index is 494. The fourth-order valence-electron chi connectivity index (χ4n) is 4.48. The molecule has 1 amide bonds. The zero-order chi connectivity index (χ0) is 14.2. The third kappa shape index (κ3) is 2.86. The SMILES string of the molecule is O=C(C1CC2CC2C1)N1CCC(Cc2ccccc2)CC1. The molecule has 2 unspecified atom stereocenters. The molecule has 0 aromatic heterocycles. The number of carbonyl (C=O) groups is 1. The van der Waals surface area contributed by atoms with E-state index in [0.29, 0.717) is 11.8 Å². The molecule has 112 valence electrons. The lowest BCUT2D eigenvalue weighted by Gasteiger charge is -2.34. The van der Waals surface area contributed by atoms with Gasteiger partial charge in [0.2, 0.25) is 5.91 Å². The quantitative estimate of drug-likeness (QED) is 0.831. The summed E-state index contributed by atoms with van der Waals surface area (Å²) in [5, 5.41) is 0. The molecule has 2 nitrogen and oxygen atoms in total. The van der Waals surface area contributed by atoms with E-state index >= 15 is 0 Å². The number of likely N-dealkylation sites (tertiary alicyclic amines) is 1. The summed E-state index contributed by atoms with van der Waals surface area (Å²) in [6.07, 6.45) is 7.32. The van der Waals surface area contributed by atoms with Crippen LogP contribution in [0.2, 0.25) is 0 Å². The Morgan fingerprint density at radius 2 is 1.67 bits per heavy atom. The van der Waals surface area contributed by atoms with Gasteiger partial charge in [-0.15, -0.1) is 0 Å². The molecule has 0 radical (unpaired) electrons. The van der Waals surface area contributed by atoms with Crippen LogP contribution < -0.4 is 0 Å². The number of benzene rings is 1. The highest BCUT2D eigenvalue weighted by molar-refractivity contribution is 5.79. The van der Waals surface area contributed by atoms with E-state index in [0.717, 1.165) is 30.8 Å². The number of carbonyl (C=O) groups excluding carboxylic acids is 1. The second-order valence-corrected chi connectivity index (χ2v) is 7.38. The van der Waals surface area contributed by atoms with Gasteiger partial charge in [-0.3, -0.25) is 4.79 Å². The second kappa shape index (κ2) is 5.47. The van der Waals surface area contributed by atoms with Crippen molar-refractivity contribution in [3.63, 3.8) is 0 Å². The minimum Gasteiger partial charge on any atom is -0.342 e. The topological polar surface area (TPSA) is 20.3 Å². The van der Waals surface area contributed by atoms with E-state index in [-0.39, 0.29) is 0 Å². The summed E-state index contributed by atoms with van der Waals surface area (Å²) in [6.45, 7) is 1.98. The van der Waals surface area contributed by atoms with Crippen molar-refractivity contribution in [3.8, 4) is 0 Å². The molecule has 1 saturated heterocycles. The number of amides is 1. The maximum Gasteiger partial charge on any atom is 0.225 e. The molecule has 3 fully saturated rings. The zero-order valence-electron chi connectivity index (χ0n) is 12.7. The van der Waals surface area contributed by atoms with Crippen LogP contribution in [-0.2, 0) is 11.2 Å². The normalized spacial score (nSPS) is 32.0. The summed E-state index contributed by atoms with van der Waals surface area (Å²) in [6, 6.07) is 10.8. The minimum absolute atomic E-state index is 0.374. The van der Waals surface area contributed by atoms with Crippen molar-refractivity contribution in [1.82, 2.24) is 4.90 Å². The van der Waals surface area contributed by atoms with Crippen LogP contribution in [0.5, 0.6) is 0 Å². The van der Waals surface area contributed by atoms with Gasteiger partial charge < -0.3 is 4.90 Å². The van der Waals surface area contributed by atoms with Crippen molar-refractivity contribution in [2.45, 2.75) is 38.5 Å². The predicted octanol–water partition coefficient (Wildman–Crippen LogP) is 3.51. The first kappa shape index (κ1) is 13.4. The van der Waals surface area contributed by atoms with Gasteiger partial charge in [-0.1, -0.05) is 30.3 Å². The largest absolute Gasteiger partial charge is 0.342 e. The van der Waals surface area contributed by atoms with Crippen LogP contribution in [0, 0.1) is 23.7 Å². The molecule has 0 N–H and O–H groups in total. The number of hydrogen-bond acceptors (Lipinski definition) is 1. The van der Waals surface area contributed by atoms with Crippen LogP contribution in [-0.4, -0.2) is 23.9 Å². The van der Waals surface area contributed by atoms with Crippen LogP contribution in [0.3, 0.4) is 0 Å². The maximum absolute atomic E-state index is 12.6. The Morgan fingerprint density at radius 1 is 1.00 bits per heavy atom. The highest BCUT2D eigenvalue weighted by Gasteiger charge is 2.48. The smallest absolute Gasteiger partial charge is 0.225 e. The fraction of sp³-hybridized carbons (Fsp3) is 0.632. The third-order valence-corrected chi connectivity index (χ3v) is 5.89. The Labute approximate surface area is 127 Å². The lowest BCUT2D eigenvalue weighted by molar-refractivity contribution is -0.137. The van der Waals surface area contributed by atoms with Gasteiger partial charge in [-0.05, 0) is 61.8 Å². The Kier molecular flexibility index (Phi) is 3.48. The zero-order valence-corrected chi connectivity index (χ0v) is 12.7. The van der Waals surface area contributed by atoms with Gasteiger partial charge >= 0.3 is 0 Å². The van der Waals surface area contributed by atoms with Crippen LogP contribution in [0.1, 0.15) is 37.7 Å². The first-order valence-electron chi connectivity index (χ1n) is 8.62. The van der Waals surface area contributed by atoms with E-state index in [1.165, 1.54) is 44.1 Å². The molecule has 1 heterocycles. The van der Waals surface area contributed by atoms with E-state index < -0.39 is 0 Å². The summed E-state index contributed by atoms with van der Waals surface area (Å²) in [5.41, 5.74) is 1.44. The molecule has 2 heteroatoms. The third-order valence-electron chi connectivity index (χ3n) is 5.89. The van der Waals surface area contributed by atoms with Crippen LogP contribution in [0.4, 0.5) is 0 Å². The monoisotopic (exact) mass is 283 g/mol. The maximum atomic E-state index is 12.6. The molecule has 3 aliphatic rings. The molecule has 4 rings (SSSR count). The molecular weight excluding hydrogens is 258 g/mol. The van der Waals surface area contributed by atoms with Crippen molar-refractivity contribution in [1.29, 1.82) is 0 Å². The van der Waals surface area contributed by atoms with Crippen LogP contribution >= 0.6 is 0 Å². The standard InChI is InChI=1S/C19H25NO/c21-19(18-12-16-11-17(16)13-18)20-8-6-15(7-9-20)10-14-4-2-1-3-5-14/h1-5,15-18H,6-13H2. The van der Waals surface area contributed by atoms with Gasteiger partial charge in [0.25, 0.3) is 0 Å². The summed E-state index contributed by atoms with van der Waals surface area (Å²) in [7, 11) is 0. The van der Waals surface area contributed by atoms with Gasteiger partial charge in [-0.25, -0.2) is 0 Å². The van der Waals surface area contributed by atoms with E-state index in [2.05, 4.69) is 35.2 Å². The second-order valence-electron chi connectivity index (χ2n) is 7.38. The fourth-order valence-corrected chi connectivity index (χ4v) is 4.48. The van der Waals surface area contributed by atoms with Gasteiger partial charge in [0.05, 0.1) is 0 Å². The molecule has 2 saturated carbocycles. The van der Waals surface area contributed by atoms with Gasteiger partial charge in [-0.2, -0.15) is 0 Å². The van der Waals surface area contributed by atoms with E-state index in [1.54, 1.807) is 0 Å². The van der Waals surface area contributed by atoms with Crippen LogP contribution in [0.15, 0.2) is 30.3 Å². The molecular formula is C19H25NO. The summed E-state index contributed by atoms with van der Waals surface area (Å²) in [4.78, 5) is 14.7. The van der Waals surface area contributed by atoms with Crippen molar-refractivity contribution >= 4 is 5.91 Å². The van der Waals surface area contributed by atoms with Crippen molar-refractivity contribution in [3.05, 3.63) is 35.9 Å². The highest BCUT2D eigenvalue weighted by atomic mass is 16.2. The lowest BCUT2D eigenvalue weighted by Crippen LogP contribution is -2.41. The van der Waals surface area contributed by atoms with Gasteiger partial charge in [0.1, 0.15) is 0 Å². The number of piperidine rings is 1. The van der Waals surface area contributed by atoms with E-state index in [4.69, 9.17) is 0 Å². The average molecular weight is 283 g/mol. The summed E-state index contributed by atoms with van der Waals surface area (Å²) >= 11 is 0. The van der Waals surface area contributed by atoms with E-state index in [9.17, 15) is 4.79 Å². The molecule has 0 spiro atoms. The van der Waals surface area contributed by atoms with Gasteiger partial charge in [0.15, 0.2) is 0 Å². The number of fused-ring (bicyclic) bond motifs is 1. The first-order chi connectivity index (χ1) is 10.3. The molecule has 1 aromatic rings. The van der Waals surface area contributed by atoms with Crippen molar-refractivity contribution in [2.24, 2.45) is 23.7 Å². The van der Waals surface area contributed by atoms with Crippen LogP contribution in [0.25, 0.3) is 0 Å².